The third-order valence-electron chi connectivity index (χ3n) is 4.76. The number of aliphatic hydroxyl groups is 1. The number of hydrogen-bond acceptors (Lipinski definition) is 3. The monoisotopic (exact) mass is 277 g/mol. The summed E-state index contributed by atoms with van der Waals surface area (Å²) in [7, 11) is 0. The predicted molar refractivity (Wildman–Crippen MR) is 75.3 cm³/mol. The van der Waals surface area contributed by atoms with Gasteiger partial charge >= 0.3 is 0 Å². The minimum Gasteiger partial charge on any atom is -0.393 e. The lowest BCUT2D eigenvalue weighted by atomic mass is 9.80. The van der Waals surface area contributed by atoms with Gasteiger partial charge in [0.1, 0.15) is 5.69 Å². The van der Waals surface area contributed by atoms with Crippen LogP contribution in [0.25, 0.3) is 0 Å². The van der Waals surface area contributed by atoms with Gasteiger partial charge in [-0.2, -0.15) is 5.10 Å². The fourth-order valence-corrected chi connectivity index (χ4v) is 3.75. The zero-order valence-electron chi connectivity index (χ0n) is 12.0. The highest BCUT2D eigenvalue weighted by Gasteiger charge is 2.39. The number of aromatic nitrogens is 2. The summed E-state index contributed by atoms with van der Waals surface area (Å²) in [5, 5.41) is 17.2. The van der Waals surface area contributed by atoms with Gasteiger partial charge in [-0.05, 0) is 38.7 Å². The summed E-state index contributed by atoms with van der Waals surface area (Å²) in [5.74, 6) is 0.255. The lowest BCUT2D eigenvalue weighted by Gasteiger charge is -2.36. The molecule has 1 aliphatic heterocycles. The van der Waals surface area contributed by atoms with Crippen LogP contribution in [0, 0.1) is 12.8 Å². The molecule has 0 spiro atoms. The molecule has 1 saturated heterocycles. The van der Waals surface area contributed by atoms with Crippen molar-refractivity contribution < 1.29 is 9.90 Å². The number of aryl methyl sites for hydroxylation is 1. The second kappa shape index (κ2) is 5.56. The van der Waals surface area contributed by atoms with Gasteiger partial charge in [0.2, 0.25) is 0 Å². The molecule has 2 aliphatic rings. The van der Waals surface area contributed by atoms with Crippen LogP contribution in [0.2, 0.25) is 0 Å². The summed E-state index contributed by atoms with van der Waals surface area (Å²) in [6.07, 6.45) is 5.99. The van der Waals surface area contributed by atoms with Crippen LogP contribution < -0.4 is 0 Å². The summed E-state index contributed by atoms with van der Waals surface area (Å²) in [5.41, 5.74) is 1.40. The van der Waals surface area contributed by atoms with Crippen molar-refractivity contribution in [3.05, 3.63) is 17.5 Å². The van der Waals surface area contributed by atoms with Crippen molar-refractivity contribution in [2.75, 3.05) is 6.54 Å². The molecule has 5 heteroatoms. The van der Waals surface area contributed by atoms with E-state index in [1.807, 2.05) is 11.8 Å². The van der Waals surface area contributed by atoms with E-state index in [4.69, 9.17) is 0 Å². The van der Waals surface area contributed by atoms with Gasteiger partial charge in [-0.1, -0.05) is 12.8 Å². The maximum Gasteiger partial charge on any atom is 0.274 e. The van der Waals surface area contributed by atoms with Crippen LogP contribution in [0.3, 0.4) is 0 Å². The van der Waals surface area contributed by atoms with E-state index in [0.29, 0.717) is 5.69 Å². The van der Waals surface area contributed by atoms with Crippen LogP contribution in [0.15, 0.2) is 6.07 Å². The highest BCUT2D eigenvalue weighted by atomic mass is 16.3. The molecule has 0 aromatic carbocycles. The molecule has 1 aromatic rings. The number of aliphatic hydroxyl groups excluding tert-OH is 1. The number of aromatic amines is 1. The van der Waals surface area contributed by atoms with Crippen molar-refractivity contribution in [3.63, 3.8) is 0 Å². The van der Waals surface area contributed by atoms with E-state index in [9.17, 15) is 9.90 Å². The Bertz CT molecular complexity index is 485. The molecule has 5 nitrogen and oxygen atoms in total. The molecule has 2 N–H and O–H groups in total. The van der Waals surface area contributed by atoms with Crippen LogP contribution in [-0.4, -0.2) is 44.8 Å². The first-order valence-electron chi connectivity index (χ1n) is 7.68. The highest BCUT2D eigenvalue weighted by molar-refractivity contribution is 5.92. The van der Waals surface area contributed by atoms with Crippen LogP contribution in [0.5, 0.6) is 0 Å². The molecule has 1 amide bonds. The van der Waals surface area contributed by atoms with Crippen molar-refractivity contribution in [2.45, 2.75) is 57.6 Å². The van der Waals surface area contributed by atoms with Crippen molar-refractivity contribution in [3.8, 4) is 0 Å². The molecule has 2 heterocycles. The van der Waals surface area contributed by atoms with E-state index in [0.717, 1.165) is 44.3 Å². The number of H-pyrrole nitrogens is 1. The van der Waals surface area contributed by atoms with Gasteiger partial charge in [-0.3, -0.25) is 9.89 Å². The Hall–Kier alpha value is -1.36. The summed E-state index contributed by atoms with van der Waals surface area (Å²) >= 11 is 0. The normalized spacial score (nSPS) is 30.7. The summed E-state index contributed by atoms with van der Waals surface area (Å²) in [4.78, 5) is 14.5. The van der Waals surface area contributed by atoms with E-state index in [1.54, 1.807) is 6.07 Å². The molecule has 0 unspecified atom stereocenters. The first kappa shape index (κ1) is 13.6. The number of hydrogen-bond donors (Lipinski definition) is 2. The minimum absolute atomic E-state index is 0.00891. The summed E-state index contributed by atoms with van der Waals surface area (Å²) in [6.45, 7) is 2.69. The van der Waals surface area contributed by atoms with E-state index < -0.39 is 0 Å². The SMILES string of the molecule is Cc1cc(C(=O)N2CCC[C@@H]2[C@@H]2CCCC[C@H]2O)n[nH]1. The molecular weight excluding hydrogens is 254 g/mol. The topological polar surface area (TPSA) is 69.2 Å². The Morgan fingerprint density at radius 3 is 2.85 bits per heavy atom. The van der Waals surface area contributed by atoms with Gasteiger partial charge in [-0.25, -0.2) is 0 Å². The average Bonchev–Trinajstić information content (AvgIpc) is 3.07. The van der Waals surface area contributed by atoms with Crippen LogP contribution in [-0.2, 0) is 0 Å². The number of nitrogens with one attached hydrogen (secondary N) is 1. The Balaban J connectivity index is 1.76. The van der Waals surface area contributed by atoms with Crippen LogP contribution in [0.1, 0.15) is 54.7 Å². The van der Waals surface area contributed by atoms with Gasteiger partial charge < -0.3 is 10.0 Å². The lowest BCUT2D eigenvalue weighted by molar-refractivity contribution is 0.0209. The number of carbonyl (C=O) groups excluding carboxylic acids is 1. The number of carbonyl (C=O) groups is 1. The van der Waals surface area contributed by atoms with E-state index in [2.05, 4.69) is 10.2 Å². The van der Waals surface area contributed by atoms with Crippen LogP contribution >= 0.6 is 0 Å². The Kier molecular flexibility index (Phi) is 3.78. The van der Waals surface area contributed by atoms with Gasteiger partial charge in [-0.15, -0.1) is 0 Å². The van der Waals surface area contributed by atoms with E-state index >= 15 is 0 Å². The fraction of sp³-hybridized carbons (Fsp3) is 0.733. The third-order valence-corrected chi connectivity index (χ3v) is 4.76. The van der Waals surface area contributed by atoms with Gasteiger partial charge in [0, 0.05) is 24.2 Å². The lowest BCUT2D eigenvalue weighted by Crippen LogP contribution is -2.45. The van der Waals surface area contributed by atoms with Crippen molar-refractivity contribution in [1.82, 2.24) is 15.1 Å². The van der Waals surface area contributed by atoms with Gasteiger partial charge in [0.15, 0.2) is 0 Å². The Morgan fingerprint density at radius 2 is 2.15 bits per heavy atom. The minimum atomic E-state index is -0.247. The molecule has 0 bridgehead atoms. The standard InChI is InChI=1S/C15H23N3O2/c1-10-9-12(17-16-10)15(20)18-8-4-6-13(18)11-5-2-3-7-14(11)19/h9,11,13-14,19H,2-8H2,1H3,(H,16,17)/t11-,13+,14+/m0/s1. The number of amides is 1. The van der Waals surface area contributed by atoms with E-state index in [1.165, 1.54) is 6.42 Å². The number of rotatable bonds is 2. The highest BCUT2D eigenvalue weighted by Crippen LogP contribution is 2.35. The molecule has 20 heavy (non-hydrogen) atoms. The second-order valence-electron chi connectivity index (χ2n) is 6.16. The molecule has 0 radical (unpaired) electrons. The van der Waals surface area contributed by atoms with Gasteiger partial charge in [0.25, 0.3) is 5.91 Å². The maximum atomic E-state index is 12.6. The van der Waals surface area contributed by atoms with Crippen molar-refractivity contribution >= 4 is 5.91 Å². The molecule has 110 valence electrons. The van der Waals surface area contributed by atoms with Crippen molar-refractivity contribution in [2.24, 2.45) is 5.92 Å². The Morgan fingerprint density at radius 1 is 1.35 bits per heavy atom. The average molecular weight is 277 g/mol. The maximum absolute atomic E-state index is 12.6. The molecule has 1 saturated carbocycles. The summed E-state index contributed by atoms with van der Waals surface area (Å²) in [6, 6.07) is 1.99. The zero-order valence-corrected chi connectivity index (χ0v) is 12.0. The number of nitrogens with zero attached hydrogens (tertiary/aromatic N) is 2. The fourth-order valence-electron chi connectivity index (χ4n) is 3.75. The molecule has 1 aromatic heterocycles. The quantitative estimate of drug-likeness (QED) is 0.867. The number of likely N-dealkylation sites (tertiary alicyclic amines) is 1. The smallest absolute Gasteiger partial charge is 0.274 e. The molecule has 3 rings (SSSR count). The molecular formula is C15H23N3O2. The summed E-state index contributed by atoms with van der Waals surface area (Å²) < 4.78 is 0. The second-order valence-corrected chi connectivity index (χ2v) is 6.16. The third kappa shape index (κ3) is 2.46. The Labute approximate surface area is 119 Å². The zero-order chi connectivity index (χ0) is 14.1. The first-order chi connectivity index (χ1) is 9.66. The first-order valence-corrected chi connectivity index (χ1v) is 7.68. The molecule has 3 atom stereocenters. The predicted octanol–water partition coefficient (Wildman–Crippen LogP) is 1.87. The largest absolute Gasteiger partial charge is 0.393 e. The molecule has 1 aliphatic carbocycles. The molecule has 2 fully saturated rings. The van der Waals surface area contributed by atoms with Crippen LogP contribution in [0.4, 0.5) is 0 Å². The van der Waals surface area contributed by atoms with Crippen molar-refractivity contribution in [1.29, 1.82) is 0 Å². The van der Waals surface area contributed by atoms with E-state index in [-0.39, 0.29) is 24.0 Å². The van der Waals surface area contributed by atoms with Gasteiger partial charge in [0.05, 0.1) is 6.10 Å².